The maximum Gasteiger partial charge on any atom is 0.213 e. The van der Waals surface area contributed by atoms with Gasteiger partial charge in [-0.15, -0.1) is 0 Å². The van der Waals surface area contributed by atoms with E-state index < -0.39 is 0 Å². The van der Waals surface area contributed by atoms with Crippen LogP contribution < -0.4 is 10.1 Å². The Bertz CT molecular complexity index is 281. The number of methoxy groups -OCH3 is 1. The zero-order valence-corrected chi connectivity index (χ0v) is 10.6. The van der Waals surface area contributed by atoms with Crippen molar-refractivity contribution in [3.63, 3.8) is 0 Å². The lowest BCUT2D eigenvalue weighted by atomic mass is 10.3. The predicted molar refractivity (Wildman–Crippen MR) is 65.5 cm³/mol. The van der Waals surface area contributed by atoms with Gasteiger partial charge < -0.3 is 10.1 Å². The molecule has 0 aliphatic rings. The fourth-order valence-electron chi connectivity index (χ4n) is 1.23. The number of ether oxygens (including phenoxy) is 1. The number of hydrogen-bond donors (Lipinski definition) is 1. The normalized spacial score (nSPS) is 10.3. The molecule has 4 heteroatoms. The van der Waals surface area contributed by atoms with E-state index in [-0.39, 0.29) is 0 Å². The highest BCUT2D eigenvalue weighted by molar-refractivity contribution is 9.09. The van der Waals surface area contributed by atoms with E-state index in [2.05, 4.69) is 26.2 Å². The first kappa shape index (κ1) is 12.5. The molecule has 3 nitrogen and oxygen atoms in total. The zero-order chi connectivity index (χ0) is 10.9. The zero-order valence-electron chi connectivity index (χ0n) is 9.00. The molecule has 1 heterocycles. The van der Waals surface area contributed by atoms with E-state index >= 15 is 0 Å². The SMILES string of the molecule is COc1cccc(CNCCCCBr)n1. The fraction of sp³-hybridized carbons (Fsp3) is 0.545. The fourth-order valence-corrected chi connectivity index (χ4v) is 1.63. The van der Waals surface area contributed by atoms with Crippen molar-refractivity contribution < 1.29 is 4.74 Å². The second-order valence-electron chi connectivity index (χ2n) is 3.24. The monoisotopic (exact) mass is 272 g/mol. The van der Waals surface area contributed by atoms with Crippen molar-refractivity contribution in [2.75, 3.05) is 19.0 Å². The Hall–Kier alpha value is -0.610. The van der Waals surface area contributed by atoms with Gasteiger partial charge in [-0.3, -0.25) is 0 Å². The molecule has 0 saturated heterocycles. The molecular formula is C11H17BrN2O. The lowest BCUT2D eigenvalue weighted by Gasteiger charge is -2.05. The lowest BCUT2D eigenvalue weighted by molar-refractivity contribution is 0.395. The largest absolute Gasteiger partial charge is 0.481 e. The van der Waals surface area contributed by atoms with E-state index in [1.54, 1.807) is 7.11 Å². The highest BCUT2D eigenvalue weighted by Gasteiger charge is 1.96. The number of aromatic nitrogens is 1. The van der Waals surface area contributed by atoms with Crippen molar-refractivity contribution >= 4 is 15.9 Å². The molecule has 84 valence electrons. The van der Waals surface area contributed by atoms with Crippen LogP contribution in [0.4, 0.5) is 0 Å². The van der Waals surface area contributed by atoms with Crippen LogP contribution >= 0.6 is 15.9 Å². The first-order valence-corrected chi connectivity index (χ1v) is 6.25. The van der Waals surface area contributed by atoms with Crippen molar-refractivity contribution in [2.45, 2.75) is 19.4 Å². The van der Waals surface area contributed by atoms with E-state index in [0.29, 0.717) is 5.88 Å². The van der Waals surface area contributed by atoms with Gasteiger partial charge in [-0.05, 0) is 25.5 Å². The third-order valence-electron chi connectivity index (χ3n) is 2.03. The molecule has 1 N–H and O–H groups in total. The number of alkyl halides is 1. The second-order valence-corrected chi connectivity index (χ2v) is 4.04. The van der Waals surface area contributed by atoms with Gasteiger partial charge in [0, 0.05) is 17.9 Å². The van der Waals surface area contributed by atoms with E-state index in [1.807, 2.05) is 18.2 Å². The molecule has 0 atom stereocenters. The Morgan fingerprint density at radius 3 is 3.00 bits per heavy atom. The van der Waals surface area contributed by atoms with E-state index in [1.165, 1.54) is 12.8 Å². The molecule has 15 heavy (non-hydrogen) atoms. The van der Waals surface area contributed by atoms with Gasteiger partial charge in [0.15, 0.2) is 0 Å². The minimum atomic E-state index is 0.676. The van der Waals surface area contributed by atoms with Crippen LogP contribution in [0, 0.1) is 0 Å². The molecule has 0 aliphatic carbocycles. The minimum Gasteiger partial charge on any atom is -0.481 e. The van der Waals surface area contributed by atoms with Crippen molar-refractivity contribution in [3.8, 4) is 5.88 Å². The third-order valence-corrected chi connectivity index (χ3v) is 2.59. The summed E-state index contributed by atoms with van der Waals surface area (Å²) in [7, 11) is 1.63. The first-order valence-electron chi connectivity index (χ1n) is 5.13. The van der Waals surface area contributed by atoms with Gasteiger partial charge in [-0.25, -0.2) is 4.98 Å². The van der Waals surface area contributed by atoms with Crippen LogP contribution in [0.15, 0.2) is 18.2 Å². The highest BCUT2D eigenvalue weighted by atomic mass is 79.9. The summed E-state index contributed by atoms with van der Waals surface area (Å²) in [5.41, 5.74) is 1.02. The molecule has 0 unspecified atom stereocenters. The van der Waals surface area contributed by atoms with E-state index in [9.17, 15) is 0 Å². The lowest BCUT2D eigenvalue weighted by Crippen LogP contribution is -2.15. The molecule has 0 radical (unpaired) electrons. The van der Waals surface area contributed by atoms with Crippen molar-refractivity contribution in [3.05, 3.63) is 23.9 Å². The molecular weight excluding hydrogens is 256 g/mol. The number of halogens is 1. The number of rotatable bonds is 7. The molecule has 0 bridgehead atoms. The Kier molecular flexibility index (Phi) is 6.36. The van der Waals surface area contributed by atoms with Crippen LogP contribution in [0.5, 0.6) is 5.88 Å². The smallest absolute Gasteiger partial charge is 0.213 e. The summed E-state index contributed by atoms with van der Waals surface area (Å²) in [6.45, 7) is 1.84. The summed E-state index contributed by atoms with van der Waals surface area (Å²) in [5, 5.41) is 4.42. The number of nitrogens with zero attached hydrogens (tertiary/aromatic N) is 1. The summed E-state index contributed by atoms with van der Waals surface area (Å²) in [6.07, 6.45) is 2.40. The standard InChI is InChI=1S/C11H17BrN2O/c1-15-11-6-4-5-10(14-11)9-13-8-3-2-7-12/h4-6,13H,2-3,7-9H2,1H3. The van der Waals surface area contributed by atoms with Gasteiger partial charge in [0.1, 0.15) is 0 Å². The molecule has 0 aromatic carbocycles. The van der Waals surface area contributed by atoms with Gasteiger partial charge in [0.25, 0.3) is 0 Å². The topological polar surface area (TPSA) is 34.1 Å². The molecule has 0 fully saturated rings. The summed E-state index contributed by atoms with van der Waals surface area (Å²) < 4.78 is 5.05. The predicted octanol–water partition coefficient (Wildman–Crippen LogP) is 2.35. The van der Waals surface area contributed by atoms with Crippen LogP contribution in [0.3, 0.4) is 0 Å². The number of hydrogen-bond acceptors (Lipinski definition) is 3. The molecule has 0 amide bonds. The molecule has 0 aliphatic heterocycles. The van der Waals surface area contributed by atoms with Gasteiger partial charge in [0.05, 0.1) is 12.8 Å². The quantitative estimate of drug-likeness (QED) is 0.611. The third kappa shape index (κ3) is 5.14. The maximum absolute atomic E-state index is 5.05. The molecule has 0 saturated carbocycles. The highest BCUT2D eigenvalue weighted by Crippen LogP contribution is 2.06. The van der Waals surface area contributed by atoms with Gasteiger partial charge >= 0.3 is 0 Å². The second kappa shape index (κ2) is 7.65. The number of unbranched alkanes of at least 4 members (excludes halogenated alkanes) is 1. The summed E-state index contributed by atoms with van der Waals surface area (Å²) in [4.78, 5) is 4.32. The van der Waals surface area contributed by atoms with E-state index in [0.717, 1.165) is 24.1 Å². The number of nitrogens with one attached hydrogen (secondary N) is 1. The molecule has 1 aromatic heterocycles. The molecule has 1 aromatic rings. The minimum absolute atomic E-state index is 0.676. The van der Waals surface area contributed by atoms with E-state index in [4.69, 9.17) is 4.74 Å². The van der Waals surface area contributed by atoms with Crippen molar-refractivity contribution in [1.82, 2.24) is 10.3 Å². The van der Waals surface area contributed by atoms with Crippen LogP contribution in [-0.2, 0) is 6.54 Å². The summed E-state index contributed by atoms with van der Waals surface area (Å²) >= 11 is 3.41. The summed E-state index contributed by atoms with van der Waals surface area (Å²) in [6, 6.07) is 5.82. The Morgan fingerprint density at radius 1 is 1.40 bits per heavy atom. The van der Waals surface area contributed by atoms with Crippen LogP contribution in [0.25, 0.3) is 0 Å². The van der Waals surface area contributed by atoms with Gasteiger partial charge in [-0.1, -0.05) is 22.0 Å². The average molecular weight is 273 g/mol. The average Bonchev–Trinajstić information content (AvgIpc) is 2.29. The van der Waals surface area contributed by atoms with Crippen molar-refractivity contribution in [1.29, 1.82) is 0 Å². The van der Waals surface area contributed by atoms with Gasteiger partial charge in [-0.2, -0.15) is 0 Å². The maximum atomic E-state index is 5.05. The van der Waals surface area contributed by atoms with Gasteiger partial charge in [0.2, 0.25) is 5.88 Å². The van der Waals surface area contributed by atoms with Crippen LogP contribution in [-0.4, -0.2) is 24.0 Å². The molecule has 0 spiro atoms. The van der Waals surface area contributed by atoms with Crippen molar-refractivity contribution in [2.24, 2.45) is 0 Å². The molecule has 1 rings (SSSR count). The Labute approximate surface area is 99.4 Å². The Balaban J connectivity index is 2.24. The first-order chi connectivity index (χ1) is 7.36. The van der Waals surface area contributed by atoms with Crippen LogP contribution in [0.2, 0.25) is 0 Å². The Morgan fingerprint density at radius 2 is 2.27 bits per heavy atom. The van der Waals surface area contributed by atoms with Crippen LogP contribution in [0.1, 0.15) is 18.5 Å². The number of pyridine rings is 1. The summed E-state index contributed by atoms with van der Waals surface area (Å²) in [5.74, 6) is 0.676.